The molecular formula is C42H42O6. The van der Waals surface area contributed by atoms with Gasteiger partial charge in [-0.05, 0) is 40.5 Å². The lowest BCUT2D eigenvalue weighted by atomic mass is 9.67. The molecule has 0 fully saturated rings. The highest BCUT2D eigenvalue weighted by Crippen LogP contribution is 2.57. The minimum atomic E-state index is -1.01. The van der Waals surface area contributed by atoms with Crippen molar-refractivity contribution in [3.05, 3.63) is 166 Å². The molecule has 2 atom stereocenters. The average molecular weight is 643 g/mol. The fourth-order valence-corrected chi connectivity index (χ4v) is 7.77. The second-order valence-corrected chi connectivity index (χ2v) is 12.2. The number of allylic oxidation sites excluding steroid dienone is 2. The molecule has 6 heteroatoms. The van der Waals surface area contributed by atoms with Gasteiger partial charge < -0.3 is 18.9 Å². The Bertz CT molecular complexity index is 1580. The molecule has 6 rings (SSSR count). The van der Waals surface area contributed by atoms with Gasteiger partial charge in [-0.25, -0.2) is 9.59 Å². The van der Waals surface area contributed by atoms with Crippen LogP contribution in [0.4, 0.5) is 0 Å². The molecule has 4 aromatic carbocycles. The Morgan fingerprint density at radius 3 is 1.04 bits per heavy atom. The Morgan fingerprint density at radius 2 is 0.792 bits per heavy atom. The molecular weight excluding hydrogens is 600 g/mol. The molecule has 0 saturated heterocycles. The van der Waals surface area contributed by atoms with Crippen LogP contribution in [0.25, 0.3) is 0 Å². The maximum absolute atomic E-state index is 13.8. The minimum Gasteiger partial charge on any atom is -0.481 e. The third-order valence-corrected chi connectivity index (χ3v) is 9.61. The van der Waals surface area contributed by atoms with Gasteiger partial charge in [-0.15, -0.1) is 0 Å². The van der Waals surface area contributed by atoms with E-state index in [1.165, 1.54) is 0 Å². The van der Waals surface area contributed by atoms with Crippen molar-refractivity contribution in [1.29, 1.82) is 0 Å². The van der Waals surface area contributed by atoms with Crippen LogP contribution in [0.1, 0.15) is 62.8 Å². The molecule has 2 heterocycles. The van der Waals surface area contributed by atoms with Gasteiger partial charge in [0.1, 0.15) is 11.5 Å². The highest BCUT2D eigenvalue weighted by Gasteiger charge is 2.57. The summed E-state index contributed by atoms with van der Waals surface area (Å²) in [4.78, 5) is 27.6. The Morgan fingerprint density at radius 1 is 0.521 bits per heavy atom. The molecule has 0 saturated carbocycles. The predicted molar refractivity (Wildman–Crippen MR) is 184 cm³/mol. The van der Waals surface area contributed by atoms with Crippen LogP contribution in [-0.2, 0) is 39.7 Å². The first-order chi connectivity index (χ1) is 23.4. The second-order valence-electron chi connectivity index (χ2n) is 12.2. The van der Waals surface area contributed by atoms with Crippen molar-refractivity contribution in [3.8, 4) is 0 Å². The van der Waals surface area contributed by atoms with Gasteiger partial charge in [0.2, 0.25) is 0 Å². The highest BCUT2D eigenvalue weighted by molar-refractivity contribution is 5.91. The number of benzene rings is 4. The van der Waals surface area contributed by atoms with E-state index in [1.807, 2.05) is 149 Å². The zero-order valence-electron chi connectivity index (χ0n) is 28.0. The summed E-state index contributed by atoms with van der Waals surface area (Å²) in [6.07, 6.45) is 0.946. The molecule has 0 aliphatic carbocycles. The zero-order valence-corrected chi connectivity index (χ0v) is 28.0. The van der Waals surface area contributed by atoms with E-state index in [4.69, 9.17) is 18.9 Å². The zero-order chi connectivity index (χ0) is 33.7. The first-order valence-electron chi connectivity index (χ1n) is 16.7. The number of carbonyl (C=O) groups is 2. The molecule has 0 aromatic heterocycles. The molecule has 4 aromatic rings. The van der Waals surface area contributed by atoms with Gasteiger partial charge in [0, 0.05) is 34.1 Å². The molecule has 246 valence electrons. The minimum absolute atomic E-state index is 0.239. The quantitative estimate of drug-likeness (QED) is 0.153. The Labute approximate surface area is 283 Å². The first-order valence-corrected chi connectivity index (χ1v) is 16.7. The summed E-state index contributed by atoms with van der Waals surface area (Å²) in [6, 6.07) is 40.2. The largest absolute Gasteiger partial charge is 0.481 e. The maximum Gasteiger partial charge on any atom is 0.337 e. The lowest BCUT2D eigenvalue weighted by Gasteiger charge is -2.40. The summed E-state index contributed by atoms with van der Waals surface area (Å²) >= 11 is 0. The van der Waals surface area contributed by atoms with Gasteiger partial charge in [-0.1, -0.05) is 121 Å². The molecule has 0 spiro atoms. The van der Waals surface area contributed by atoms with Crippen LogP contribution in [0.2, 0.25) is 0 Å². The summed E-state index contributed by atoms with van der Waals surface area (Å²) in [6.45, 7) is 7.79. The fourth-order valence-electron chi connectivity index (χ4n) is 7.77. The van der Waals surface area contributed by atoms with Gasteiger partial charge in [0.05, 0.1) is 24.4 Å². The summed E-state index contributed by atoms with van der Waals surface area (Å²) < 4.78 is 25.2. The van der Waals surface area contributed by atoms with E-state index in [1.54, 1.807) is 0 Å². The van der Waals surface area contributed by atoms with Crippen molar-refractivity contribution >= 4 is 11.9 Å². The molecule has 0 bridgehead atoms. The average Bonchev–Trinajstić information content (AvgIpc) is 3.60. The van der Waals surface area contributed by atoms with Gasteiger partial charge in [-0.3, -0.25) is 0 Å². The van der Waals surface area contributed by atoms with E-state index in [0.29, 0.717) is 35.5 Å². The molecule has 2 unspecified atom stereocenters. The number of hydrogen-bond donors (Lipinski definition) is 0. The number of esters is 2. The van der Waals surface area contributed by atoms with Gasteiger partial charge in [0.15, 0.2) is 11.2 Å². The SMILES string of the molecule is CCOC(=O)C1=C(C)OC(c2ccccc2)(c2ccccc2)C1CCC1C(C(=O)OCC)=C(C)OC1(c1ccccc1)c1ccccc1. The van der Waals surface area contributed by atoms with Crippen LogP contribution < -0.4 is 0 Å². The second kappa shape index (κ2) is 13.9. The summed E-state index contributed by atoms with van der Waals surface area (Å²) in [7, 11) is 0. The summed E-state index contributed by atoms with van der Waals surface area (Å²) in [5.74, 6) is -0.630. The van der Waals surface area contributed by atoms with Crippen LogP contribution >= 0.6 is 0 Å². The van der Waals surface area contributed by atoms with Crippen LogP contribution in [-0.4, -0.2) is 25.2 Å². The third kappa shape index (κ3) is 5.59. The normalized spacial score (nSPS) is 19.4. The first kappa shape index (κ1) is 32.8. The predicted octanol–water partition coefficient (Wildman–Crippen LogP) is 8.62. The Hall–Kier alpha value is -5.10. The Kier molecular flexibility index (Phi) is 9.54. The smallest absolute Gasteiger partial charge is 0.337 e. The van der Waals surface area contributed by atoms with E-state index in [9.17, 15) is 9.59 Å². The molecule has 2 aliphatic rings. The van der Waals surface area contributed by atoms with Crippen molar-refractivity contribution in [2.45, 2.75) is 51.7 Å². The van der Waals surface area contributed by atoms with Crippen molar-refractivity contribution < 1.29 is 28.5 Å². The lowest BCUT2D eigenvalue weighted by molar-refractivity contribution is -0.140. The van der Waals surface area contributed by atoms with Crippen molar-refractivity contribution in [2.24, 2.45) is 11.8 Å². The lowest BCUT2D eigenvalue weighted by Crippen LogP contribution is -2.40. The molecule has 2 aliphatic heterocycles. The van der Waals surface area contributed by atoms with E-state index in [2.05, 4.69) is 0 Å². The molecule has 0 radical (unpaired) electrons. The molecule has 0 amide bonds. The fraction of sp³-hybridized carbons (Fsp3) is 0.286. The van der Waals surface area contributed by atoms with Crippen molar-refractivity contribution in [2.75, 3.05) is 13.2 Å². The van der Waals surface area contributed by atoms with E-state index in [0.717, 1.165) is 22.3 Å². The molecule has 48 heavy (non-hydrogen) atoms. The maximum atomic E-state index is 13.8. The van der Waals surface area contributed by atoms with Crippen LogP contribution in [0.15, 0.2) is 144 Å². The number of hydrogen-bond acceptors (Lipinski definition) is 6. The standard InChI is InChI=1S/C42H42O6/c1-5-45-39(43)37-29(3)47-41(31-19-11-7-12-20-31,32-21-13-8-14-22-32)35(37)27-28-36-38(40(44)46-6-2)30(4)48-42(36,33-23-15-9-16-24-33)34-25-17-10-18-26-34/h7-26,35-36H,5-6,27-28H2,1-4H3. The summed E-state index contributed by atoms with van der Waals surface area (Å²) in [5.41, 5.74) is 2.70. The summed E-state index contributed by atoms with van der Waals surface area (Å²) in [5, 5.41) is 0. The number of rotatable bonds is 11. The van der Waals surface area contributed by atoms with Gasteiger partial charge >= 0.3 is 11.9 Å². The highest BCUT2D eigenvalue weighted by atomic mass is 16.5. The molecule has 6 nitrogen and oxygen atoms in total. The van der Waals surface area contributed by atoms with E-state index < -0.39 is 35.0 Å². The topological polar surface area (TPSA) is 71.1 Å². The Balaban J connectivity index is 1.54. The number of ether oxygens (including phenoxy) is 4. The van der Waals surface area contributed by atoms with Crippen molar-refractivity contribution in [3.63, 3.8) is 0 Å². The van der Waals surface area contributed by atoms with Crippen LogP contribution in [0, 0.1) is 11.8 Å². The van der Waals surface area contributed by atoms with Gasteiger partial charge in [0.25, 0.3) is 0 Å². The van der Waals surface area contributed by atoms with Crippen LogP contribution in [0.3, 0.4) is 0 Å². The van der Waals surface area contributed by atoms with E-state index in [-0.39, 0.29) is 13.2 Å². The number of carbonyl (C=O) groups excluding carboxylic acids is 2. The van der Waals surface area contributed by atoms with Gasteiger partial charge in [-0.2, -0.15) is 0 Å². The third-order valence-electron chi connectivity index (χ3n) is 9.61. The van der Waals surface area contributed by atoms with E-state index >= 15 is 0 Å². The molecule has 0 N–H and O–H groups in total. The van der Waals surface area contributed by atoms with Crippen LogP contribution in [0.5, 0.6) is 0 Å². The monoisotopic (exact) mass is 642 g/mol. The van der Waals surface area contributed by atoms with Crippen molar-refractivity contribution in [1.82, 2.24) is 0 Å².